The van der Waals surface area contributed by atoms with Crippen LogP contribution in [0.3, 0.4) is 0 Å². The first-order chi connectivity index (χ1) is 8.66. The molecule has 0 amide bonds. The Labute approximate surface area is 107 Å². The molecule has 4 aliphatic rings. The number of aliphatic imine (C=N–C) groups is 1. The maximum absolute atomic E-state index is 4.72. The molecule has 5 heteroatoms. The third-order valence-corrected chi connectivity index (χ3v) is 4.07. The van der Waals surface area contributed by atoms with Gasteiger partial charge in [-0.2, -0.15) is 0 Å². The quantitative estimate of drug-likeness (QED) is 0.743. The number of hydrogen-bond acceptors (Lipinski definition) is 5. The lowest BCUT2D eigenvalue weighted by Crippen LogP contribution is -2.40. The summed E-state index contributed by atoms with van der Waals surface area (Å²) >= 11 is 0. The van der Waals surface area contributed by atoms with Crippen LogP contribution in [0.5, 0.6) is 0 Å². The molecular formula is C13H19N5. The molecule has 0 aromatic heterocycles. The number of hydrazine groups is 2. The van der Waals surface area contributed by atoms with Crippen LogP contribution in [-0.4, -0.2) is 40.5 Å². The van der Waals surface area contributed by atoms with Gasteiger partial charge in [0, 0.05) is 25.6 Å². The van der Waals surface area contributed by atoms with Crippen molar-refractivity contribution in [2.75, 3.05) is 13.6 Å². The molecule has 3 heterocycles. The maximum atomic E-state index is 4.72. The Hall–Kier alpha value is -1.49. The summed E-state index contributed by atoms with van der Waals surface area (Å²) in [6.45, 7) is 5.55. The van der Waals surface area contributed by atoms with Gasteiger partial charge in [-0.15, -0.1) is 0 Å². The van der Waals surface area contributed by atoms with Gasteiger partial charge < -0.3 is 5.43 Å². The van der Waals surface area contributed by atoms with E-state index in [1.165, 1.54) is 35.8 Å². The van der Waals surface area contributed by atoms with Gasteiger partial charge in [0.1, 0.15) is 17.2 Å². The SMILES string of the molecule is CC1=C2C(=CN=C(C3CC3)N2N2CC2C)N(C)N1. The minimum atomic E-state index is 0.638. The van der Waals surface area contributed by atoms with Crippen molar-refractivity contribution < 1.29 is 0 Å². The Balaban J connectivity index is 1.79. The van der Waals surface area contributed by atoms with Crippen molar-refractivity contribution >= 4 is 5.84 Å². The third-order valence-electron chi connectivity index (χ3n) is 4.07. The van der Waals surface area contributed by atoms with Crippen LogP contribution in [-0.2, 0) is 0 Å². The van der Waals surface area contributed by atoms with Crippen LogP contribution in [0, 0.1) is 5.92 Å². The maximum Gasteiger partial charge on any atom is 0.127 e. The highest BCUT2D eigenvalue weighted by Gasteiger charge is 2.46. The number of rotatable bonds is 2. The van der Waals surface area contributed by atoms with Crippen molar-refractivity contribution in [2.24, 2.45) is 10.9 Å². The van der Waals surface area contributed by atoms with Crippen molar-refractivity contribution in [3.8, 4) is 0 Å². The molecule has 5 nitrogen and oxygen atoms in total. The second kappa shape index (κ2) is 3.29. The molecule has 1 N–H and O–H groups in total. The van der Waals surface area contributed by atoms with Gasteiger partial charge in [0.05, 0.1) is 11.9 Å². The van der Waals surface area contributed by atoms with Crippen LogP contribution in [0.15, 0.2) is 28.3 Å². The van der Waals surface area contributed by atoms with E-state index in [9.17, 15) is 0 Å². The van der Waals surface area contributed by atoms with Crippen molar-refractivity contribution in [2.45, 2.75) is 32.7 Å². The van der Waals surface area contributed by atoms with Gasteiger partial charge in [-0.3, -0.25) is 10.0 Å². The van der Waals surface area contributed by atoms with Crippen molar-refractivity contribution in [1.29, 1.82) is 0 Å². The number of nitrogens with zero attached hydrogens (tertiary/aromatic N) is 4. The van der Waals surface area contributed by atoms with Gasteiger partial charge in [-0.05, 0) is 26.7 Å². The molecule has 0 aromatic rings. The minimum Gasteiger partial charge on any atom is -0.301 e. The fraction of sp³-hybridized carbons (Fsp3) is 0.615. The van der Waals surface area contributed by atoms with E-state index in [-0.39, 0.29) is 0 Å². The van der Waals surface area contributed by atoms with E-state index in [0.717, 1.165) is 6.54 Å². The molecule has 0 bridgehead atoms. The summed E-state index contributed by atoms with van der Waals surface area (Å²) in [5.41, 5.74) is 7.05. The lowest BCUT2D eigenvalue weighted by Gasteiger charge is -2.32. The molecular weight excluding hydrogens is 226 g/mol. The highest BCUT2D eigenvalue weighted by Crippen LogP contribution is 2.41. The first-order valence-electron chi connectivity index (χ1n) is 6.73. The van der Waals surface area contributed by atoms with Crippen molar-refractivity contribution in [1.82, 2.24) is 20.5 Å². The van der Waals surface area contributed by atoms with E-state index in [4.69, 9.17) is 4.99 Å². The van der Waals surface area contributed by atoms with Crippen LogP contribution < -0.4 is 5.43 Å². The summed E-state index contributed by atoms with van der Waals surface area (Å²) in [6.07, 6.45) is 4.59. The van der Waals surface area contributed by atoms with Gasteiger partial charge in [0.25, 0.3) is 0 Å². The fourth-order valence-corrected chi connectivity index (χ4v) is 2.81. The Bertz CT molecular complexity index is 500. The second-order valence-corrected chi connectivity index (χ2v) is 5.70. The zero-order valence-electron chi connectivity index (χ0n) is 11.1. The van der Waals surface area contributed by atoms with Crippen LogP contribution >= 0.6 is 0 Å². The van der Waals surface area contributed by atoms with E-state index in [1.54, 1.807) is 0 Å². The zero-order valence-corrected chi connectivity index (χ0v) is 11.1. The highest BCUT2D eigenvalue weighted by atomic mass is 15.7. The first kappa shape index (κ1) is 10.4. The molecule has 96 valence electrons. The predicted molar refractivity (Wildman–Crippen MR) is 69.8 cm³/mol. The number of nitrogens with one attached hydrogen (secondary N) is 1. The minimum absolute atomic E-state index is 0.638. The molecule has 4 rings (SSSR count). The van der Waals surface area contributed by atoms with Gasteiger partial charge in [-0.25, -0.2) is 10.0 Å². The molecule has 2 unspecified atom stereocenters. The molecule has 3 aliphatic heterocycles. The molecule has 0 spiro atoms. The molecule has 1 saturated carbocycles. The Morgan fingerprint density at radius 1 is 1.39 bits per heavy atom. The largest absolute Gasteiger partial charge is 0.301 e. The van der Waals surface area contributed by atoms with E-state index in [2.05, 4.69) is 34.3 Å². The van der Waals surface area contributed by atoms with Gasteiger partial charge >= 0.3 is 0 Å². The summed E-state index contributed by atoms with van der Waals surface area (Å²) < 4.78 is 0. The Morgan fingerprint density at radius 3 is 2.72 bits per heavy atom. The molecule has 0 aromatic carbocycles. The monoisotopic (exact) mass is 245 g/mol. The average molecular weight is 245 g/mol. The summed E-state index contributed by atoms with van der Waals surface area (Å²) in [5, 5.41) is 6.83. The first-order valence-corrected chi connectivity index (χ1v) is 6.73. The molecule has 2 atom stereocenters. The molecule has 1 saturated heterocycles. The number of fused-ring (bicyclic) bond motifs is 1. The van der Waals surface area contributed by atoms with E-state index < -0.39 is 0 Å². The zero-order chi connectivity index (χ0) is 12.4. The van der Waals surface area contributed by atoms with E-state index in [0.29, 0.717) is 12.0 Å². The molecule has 0 radical (unpaired) electrons. The summed E-state index contributed by atoms with van der Waals surface area (Å²) in [5.74, 6) is 1.91. The summed E-state index contributed by atoms with van der Waals surface area (Å²) in [7, 11) is 2.05. The average Bonchev–Trinajstić information content (AvgIpc) is 3.22. The number of likely N-dealkylation sites (N-methyl/N-ethyl adjacent to an activating group) is 1. The third kappa shape index (κ3) is 1.34. The smallest absolute Gasteiger partial charge is 0.127 e. The normalized spacial score (nSPS) is 34.2. The van der Waals surface area contributed by atoms with E-state index in [1.807, 2.05) is 13.2 Å². The van der Waals surface area contributed by atoms with Gasteiger partial charge in [-0.1, -0.05) is 0 Å². The van der Waals surface area contributed by atoms with Crippen LogP contribution in [0.1, 0.15) is 26.7 Å². The van der Waals surface area contributed by atoms with E-state index >= 15 is 0 Å². The summed E-state index contributed by atoms with van der Waals surface area (Å²) in [4.78, 5) is 4.72. The topological polar surface area (TPSA) is 33.9 Å². The molecule has 1 aliphatic carbocycles. The fourth-order valence-electron chi connectivity index (χ4n) is 2.81. The summed E-state index contributed by atoms with van der Waals surface area (Å²) in [6, 6.07) is 0.638. The number of allylic oxidation sites excluding steroid dienone is 1. The van der Waals surface area contributed by atoms with Crippen molar-refractivity contribution in [3.63, 3.8) is 0 Å². The Morgan fingerprint density at radius 2 is 2.11 bits per heavy atom. The lowest BCUT2D eigenvalue weighted by molar-refractivity contribution is 0.215. The molecule has 2 fully saturated rings. The van der Waals surface area contributed by atoms with Gasteiger partial charge in [0.15, 0.2) is 0 Å². The van der Waals surface area contributed by atoms with Crippen LogP contribution in [0.25, 0.3) is 0 Å². The molecule has 18 heavy (non-hydrogen) atoms. The predicted octanol–water partition coefficient (Wildman–Crippen LogP) is 1.25. The number of hydrogen-bond donors (Lipinski definition) is 1. The van der Waals surface area contributed by atoms with Crippen LogP contribution in [0.4, 0.5) is 0 Å². The highest BCUT2D eigenvalue weighted by molar-refractivity contribution is 5.90. The lowest BCUT2D eigenvalue weighted by atomic mass is 10.2. The standard InChI is InChI=1S/C13H19N5/c1-8-7-17(8)18-12-9(2)15-16(3)11(12)6-14-13(18)10-4-5-10/h6,8,10,15H,4-5,7H2,1-3H3. The van der Waals surface area contributed by atoms with Gasteiger partial charge in [0.2, 0.25) is 0 Å². The number of amidine groups is 1. The van der Waals surface area contributed by atoms with Crippen molar-refractivity contribution in [3.05, 3.63) is 23.3 Å². The van der Waals surface area contributed by atoms with Crippen LogP contribution in [0.2, 0.25) is 0 Å². The second-order valence-electron chi connectivity index (χ2n) is 5.70. The Kier molecular flexibility index (Phi) is 1.91.